The number of urea groups is 1. The Hall–Kier alpha value is -3.41. The van der Waals surface area contributed by atoms with Crippen molar-refractivity contribution in [2.75, 3.05) is 30.4 Å². The van der Waals surface area contributed by atoms with Gasteiger partial charge in [0.2, 0.25) is 5.95 Å². The van der Waals surface area contributed by atoms with Crippen molar-refractivity contribution >= 4 is 39.4 Å². The van der Waals surface area contributed by atoms with E-state index < -0.39 is 20.7 Å². The normalized spacial score (nSPS) is 20.9. The maximum absolute atomic E-state index is 13.6. The molecule has 0 unspecified atom stereocenters. The topological polar surface area (TPSA) is 125 Å². The van der Waals surface area contributed by atoms with Gasteiger partial charge in [-0.1, -0.05) is 12.8 Å². The van der Waals surface area contributed by atoms with Crippen LogP contribution in [0.2, 0.25) is 0 Å². The number of aryl methyl sites for hydroxylation is 1. The van der Waals surface area contributed by atoms with Crippen molar-refractivity contribution in [3.05, 3.63) is 35.5 Å². The number of nitrogens with zero attached hydrogens (tertiary/aromatic N) is 5. The van der Waals surface area contributed by atoms with E-state index in [0.717, 1.165) is 55.3 Å². The monoisotopic (exact) mass is 624 g/mol. The van der Waals surface area contributed by atoms with Gasteiger partial charge >= 0.3 is 12.1 Å². The Labute approximate surface area is 260 Å². The summed E-state index contributed by atoms with van der Waals surface area (Å²) >= 11 is 0. The summed E-state index contributed by atoms with van der Waals surface area (Å²) in [7, 11) is -1.69. The first-order chi connectivity index (χ1) is 20.7. The quantitative estimate of drug-likeness (QED) is 0.443. The molecule has 0 bridgehead atoms. The smallest absolute Gasteiger partial charge is 0.410 e. The number of nitrogens with one attached hydrogen (secondary N) is 1. The number of hydrogen-bond donors (Lipinski definition) is 1. The fourth-order valence-corrected chi connectivity index (χ4v) is 9.29. The van der Waals surface area contributed by atoms with Gasteiger partial charge in [0.15, 0.2) is 9.84 Å². The molecule has 2 aliphatic carbocycles. The van der Waals surface area contributed by atoms with Crippen LogP contribution in [0.3, 0.4) is 0 Å². The van der Waals surface area contributed by atoms with Crippen LogP contribution in [0.25, 0.3) is 0 Å². The molecule has 3 amide bonds. The van der Waals surface area contributed by atoms with E-state index >= 15 is 0 Å². The zero-order valence-electron chi connectivity index (χ0n) is 26.4. The molecule has 2 aliphatic heterocycles. The molecule has 44 heavy (non-hydrogen) atoms. The van der Waals surface area contributed by atoms with Gasteiger partial charge in [-0.3, -0.25) is 4.90 Å². The molecule has 3 fully saturated rings. The zero-order valence-corrected chi connectivity index (χ0v) is 27.2. The van der Waals surface area contributed by atoms with Crippen LogP contribution in [0.5, 0.6) is 0 Å². The molecule has 1 N–H and O–H groups in total. The summed E-state index contributed by atoms with van der Waals surface area (Å²) in [5, 5.41) is 2.84. The van der Waals surface area contributed by atoms with Gasteiger partial charge in [0, 0.05) is 43.6 Å². The summed E-state index contributed by atoms with van der Waals surface area (Å²) in [5.41, 5.74) is 1.84. The SMILES string of the molecule is Cc1cc(S(=O)(=O)C2CC3(CCN(C(=O)OC(C)(C)C)CC3)C2)ccc1Nc1ncc2c(n1)N(C1CCCC1)C(=O)N(C)C2. The lowest BCUT2D eigenvalue weighted by Gasteiger charge is -2.51. The lowest BCUT2D eigenvalue weighted by molar-refractivity contribution is -0.00428. The number of carbonyl (C=O) groups excluding carboxylic acids is 2. The largest absolute Gasteiger partial charge is 0.444 e. The van der Waals surface area contributed by atoms with Gasteiger partial charge in [-0.05, 0) is 95.4 Å². The van der Waals surface area contributed by atoms with E-state index in [1.807, 2.05) is 32.6 Å². The van der Waals surface area contributed by atoms with E-state index in [1.54, 1.807) is 41.2 Å². The second-order valence-corrected chi connectivity index (χ2v) is 16.4. The van der Waals surface area contributed by atoms with Crippen LogP contribution < -0.4 is 10.2 Å². The van der Waals surface area contributed by atoms with E-state index in [1.165, 1.54) is 0 Å². The molecular weight excluding hydrogens is 580 g/mol. The maximum Gasteiger partial charge on any atom is 0.410 e. The molecule has 6 rings (SSSR count). The van der Waals surface area contributed by atoms with Crippen LogP contribution in [0, 0.1) is 12.3 Å². The molecule has 12 heteroatoms. The fourth-order valence-electron chi connectivity index (χ4n) is 7.16. The van der Waals surface area contributed by atoms with Gasteiger partial charge in [0.1, 0.15) is 11.4 Å². The third-order valence-corrected chi connectivity index (χ3v) is 11.8. The summed E-state index contributed by atoms with van der Waals surface area (Å²) in [6.45, 7) is 9.10. The summed E-state index contributed by atoms with van der Waals surface area (Å²) < 4.78 is 32.7. The van der Waals surface area contributed by atoms with Crippen molar-refractivity contribution in [1.29, 1.82) is 0 Å². The van der Waals surface area contributed by atoms with Gasteiger partial charge in [-0.15, -0.1) is 0 Å². The van der Waals surface area contributed by atoms with Crippen LogP contribution >= 0.6 is 0 Å². The van der Waals surface area contributed by atoms with Crippen LogP contribution in [-0.2, 0) is 21.1 Å². The van der Waals surface area contributed by atoms with Gasteiger partial charge in [-0.25, -0.2) is 23.0 Å². The number of carbonyl (C=O) groups is 2. The number of amides is 3. The number of fused-ring (bicyclic) bond motifs is 1. The number of rotatable bonds is 5. The third-order valence-electron chi connectivity index (χ3n) is 9.71. The maximum atomic E-state index is 13.6. The highest BCUT2D eigenvalue weighted by Gasteiger charge is 2.51. The second kappa shape index (κ2) is 11.2. The highest BCUT2D eigenvalue weighted by Crippen LogP contribution is 2.53. The van der Waals surface area contributed by atoms with Crippen LogP contribution in [0.15, 0.2) is 29.3 Å². The van der Waals surface area contributed by atoms with Gasteiger partial charge in [-0.2, -0.15) is 4.98 Å². The predicted molar refractivity (Wildman–Crippen MR) is 168 cm³/mol. The summed E-state index contributed by atoms with van der Waals surface area (Å²) in [4.78, 5) is 40.4. The lowest BCUT2D eigenvalue weighted by Crippen LogP contribution is -2.53. The van der Waals surface area contributed by atoms with Gasteiger partial charge < -0.3 is 19.9 Å². The first kappa shape index (κ1) is 30.6. The van der Waals surface area contributed by atoms with Crippen LogP contribution in [0.4, 0.5) is 27.0 Å². The molecule has 1 spiro atoms. The molecule has 1 aromatic heterocycles. The van der Waals surface area contributed by atoms with E-state index in [9.17, 15) is 18.0 Å². The standard InChI is InChI=1S/C32H44N6O5S/c1-21-16-24(44(41,42)25-17-32(18-25)12-14-37(15-13-32)30(40)43-31(2,3)4)10-11-26(21)34-28-33-19-22-20-36(5)29(39)38(27(22)35-28)23-8-6-7-9-23/h10-11,16,19,23,25H,6-9,12-15,17-18,20H2,1-5H3,(H,33,34,35). The van der Waals surface area contributed by atoms with Gasteiger partial charge in [0.05, 0.1) is 16.7 Å². The molecule has 238 valence electrons. The molecule has 0 radical (unpaired) electrons. The zero-order chi connectivity index (χ0) is 31.4. The molecule has 4 aliphatic rings. The molecule has 11 nitrogen and oxygen atoms in total. The highest BCUT2D eigenvalue weighted by molar-refractivity contribution is 7.92. The minimum absolute atomic E-state index is 0.0286. The third kappa shape index (κ3) is 5.84. The molecule has 1 aromatic carbocycles. The number of benzene rings is 1. The molecule has 2 saturated carbocycles. The first-order valence-corrected chi connectivity index (χ1v) is 17.3. The van der Waals surface area contributed by atoms with Crippen molar-refractivity contribution in [3.63, 3.8) is 0 Å². The Bertz CT molecular complexity index is 1550. The fraction of sp³-hybridized carbons (Fsp3) is 0.625. The average Bonchev–Trinajstić information content (AvgIpc) is 3.47. The number of ether oxygens (including phenoxy) is 1. The van der Waals surface area contributed by atoms with Crippen molar-refractivity contribution in [3.8, 4) is 0 Å². The number of likely N-dealkylation sites (tertiary alicyclic amines) is 1. The van der Waals surface area contributed by atoms with Crippen molar-refractivity contribution in [2.24, 2.45) is 5.41 Å². The summed E-state index contributed by atoms with van der Waals surface area (Å²) in [5.74, 6) is 1.03. The lowest BCUT2D eigenvalue weighted by atomic mass is 9.63. The van der Waals surface area contributed by atoms with E-state index in [2.05, 4.69) is 10.3 Å². The Morgan fingerprint density at radius 2 is 1.80 bits per heavy atom. The van der Waals surface area contributed by atoms with Crippen molar-refractivity contribution < 1.29 is 22.7 Å². The number of piperidine rings is 1. The molecule has 3 heterocycles. The molecular formula is C32H44N6O5S. The molecule has 0 atom stereocenters. The highest BCUT2D eigenvalue weighted by atomic mass is 32.2. The number of sulfone groups is 1. The summed E-state index contributed by atoms with van der Waals surface area (Å²) in [6.07, 6.45) is 8.43. The Balaban J connectivity index is 1.11. The van der Waals surface area contributed by atoms with E-state index in [-0.39, 0.29) is 23.6 Å². The minimum Gasteiger partial charge on any atom is -0.444 e. The molecule has 2 aromatic rings. The van der Waals surface area contributed by atoms with E-state index in [0.29, 0.717) is 49.1 Å². The Morgan fingerprint density at radius 1 is 1.11 bits per heavy atom. The average molecular weight is 625 g/mol. The minimum atomic E-state index is -3.50. The van der Waals surface area contributed by atoms with Crippen LogP contribution in [0.1, 0.15) is 83.3 Å². The van der Waals surface area contributed by atoms with Crippen LogP contribution in [-0.4, -0.2) is 77.3 Å². The number of anilines is 3. The number of hydrogen-bond acceptors (Lipinski definition) is 8. The second-order valence-electron chi connectivity index (χ2n) is 14.1. The Morgan fingerprint density at radius 3 is 2.43 bits per heavy atom. The van der Waals surface area contributed by atoms with Crippen molar-refractivity contribution in [2.45, 2.75) is 107 Å². The van der Waals surface area contributed by atoms with Crippen molar-refractivity contribution in [1.82, 2.24) is 19.8 Å². The van der Waals surface area contributed by atoms with Gasteiger partial charge in [0.25, 0.3) is 0 Å². The molecule has 1 saturated heterocycles. The van der Waals surface area contributed by atoms with E-state index in [4.69, 9.17) is 9.72 Å². The predicted octanol–water partition coefficient (Wildman–Crippen LogP) is 5.80. The first-order valence-electron chi connectivity index (χ1n) is 15.7. The Kier molecular flexibility index (Phi) is 7.78. The summed E-state index contributed by atoms with van der Waals surface area (Å²) in [6, 6.07) is 5.25. The number of aromatic nitrogens is 2.